The highest BCUT2D eigenvalue weighted by atomic mass is 14.3. The summed E-state index contributed by atoms with van der Waals surface area (Å²) in [4.78, 5) is 0. The van der Waals surface area contributed by atoms with Gasteiger partial charge < -0.3 is 0 Å². The molecule has 354 valence electrons. The molecule has 0 heterocycles. The zero-order valence-electron chi connectivity index (χ0n) is 41.9. The molecule has 0 radical (unpaired) electrons. The van der Waals surface area contributed by atoms with Crippen LogP contribution >= 0.6 is 0 Å². The second kappa shape index (κ2) is 19.2. The minimum atomic E-state index is 1.17. The van der Waals surface area contributed by atoms with Crippen LogP contribution in [0.1, 0.15) is 22.3 Å². The molecule has 0 saturated carbocycles. The molecule has 0 saturated heterocycles. The van der Waals surface area contributed by atoms with Crippen molar-refractivity contribution in [1.82, 2.24) is 0 Å². The molecule has 14 rings (SSSR count). The van der Waals surface area contributed by atoms with Crippen molar-refractivity contribution in [2.24, 2.45) is 0 Å². The summed E-state index contributed by atoms with van der Waals surface area (Å²) < 4.78 is 0. The van der Waals surface area contributed by atoms with Crippen LogP contribution in [0.5, 0.6) is 0 Å². The van der Waals surface area contributed by atoms with Gasteiger partial charge in [0.1, 0.15) is 0 Å². The minimum Gasteiger partial charge on any atom is -0.0622 e. The normalized spacial score (nSPS) is 11.8. The van der Waals surface area contributed by atoms with E-state index in [2.05, 4.69) is 303 Å². The van der Waals surface area contributed by atoms with Crippen molar-refractivity contribution in [1.29, 1.82) is 0 Å². The van der Waals surface area contributed by atoms with E-state index in [9.17, 15) is 0 Å². The van der Waals surface area contributed by atoms with E-state index in [1.165, 1.54) is 143 Å². The van der Waals surface area contributed by atoms with Gasteiger partial charge in [-0.2, -0.15) is 0 Å². The zero-order chi connectivity index (χ0) is 50.4. The maximum absolute atomic E-state index is 2.49. The summed E-state index contributed by atoms with van der Waals surface area (Å²) in [5.41, 5.74) is 16.9. The van der Waals surface area contributed by atoms with Gasteiger partial charge in [0.2, 0.25) is 0 Å². The average molecular weight is 963 g/mol. The molecule has 0 spiro atoms. The highest BCUT2D eigenvalue weighted by molar-refractivity contribution is 6.25. The van der Waals surface area contributed by atoms with Gasteiger partial charge in [0.05, 0.1) is 0 Å². The molecule has 0 aliphatic heterocycles. The fourth-order valence-electron chi connectivity index (χ4n) is 11.9. The van der Waals surface area contributed by atoms with Crippen molar-refractivity contribution in [3.8, 4) is 55.6 Å². The van der Waals surface area contributed by atoms with E-state index in [1.54, 1.807) is 0 Å². The van der Waals surface area contributed by atoms with Crippen LogP contribution in [0.4, 0.5) is 0 Å². The number of hydrogen-bond donors (Lipinski definition) is 0. The molecule has 0 N–H and O–H groups in total. The summed E-state index contributed by atoms with van der Waals surface area (Å²) in [5.74, 6) is 0. The summed E-state index contributed by atoms with van der Waals surface area (Å²) in [5, 5.41) is 14.8. The molecular weight excluding hydrogens is 913 g/mol. The first-order chi connectivity index (χ1) is 37.7. The first-order valence-electron chi connectivity index (χ1n) is 26.3. The lowest BCUT2D eigenvalue weighted by Crippen LogP contribution is -1.95. The van der Waals surface area contributed by atoms with Crippen LogP contribution in [0.25, 0.3) is 145 Å². The van der Waals surface area contributed by atoms with E-state index in [0.717, 1.165) is 0 Å². The van der Waals surface area contributed by atoms with Crippen LogP contribution < -0.4 is 0 Å². The van der Waals surface area contributed by atoms with Crippen molar-refractivity contribution < 1.29 is 0 Å². The molecule has 0 amide bonds. The second-order valence-electron chi connectivity index (χ2n) is 19.9. The smallest absolute Gasteiger partial charge is 0.00259 e. The molecule has 0 aromatic heterocycles. The topological polar surface area (TPSA) is 0 Å². The molecule has 14 aromatic carbocycles. The van der Waals surface area contributed by atoms with Gasteiger partial charge in [-0.05, 0) is 167 Å². The fraction of sp³-hybridized carbons (Fsp3) is 0. The third kappa shape index (κ3) is 8.05. The molecular formula is C76H50. The van der Waals surface area contributed by atoms with E-state index >= 15 is 0 Å². The molecule has 0 fully saturated rings. The molecule has 0 aliphatic carbocycles. The van der Waals surface area contributed by atoms with E-state index in [1.807, 2.05) is 0 Å². The zero-order valence-corrected chi connectivity index (χ0v) is 41.9. The summed E-state index contributed by atoms with van der Waals surface area (Å²) in [6, 6.07) is 103. The van der Waals surface area contributed by atoms with Gasteiger partial charge in [0, 0.05) is 0 Å². The van der Waals surface area contributed by atoms with E-state index in [0.29, 0.717) is 0 Å². The number of rotatable bonds is 9. The minimum absolute atomic E-state index is 1.17. The molecule has 76 heavy (non-hydrogen) atoms. The van der Waals surface area contributed by atoms with Crippen LogP contribution in [0.15, 0.2) is 279 Å². The SMILES string of the molecule is C(=Cc1ccc(-c2c3ccccc3c(-c3cc(-c4c5ccccc5cc5ccccc45)cc(-c4c5ccccc5c(-c5ccc(C=Cc6ccccc6)cc5)c5ccccc45)c3)c3ccccc23)cc1)c1ccccc1. The molecule has 14 aromatic rings. The Morgan fingerprint density at radius 1 is 0.158 bits per heavy atom. The third-order valence-corrected chi connectivity index (χ3v) is 15.4. The number of fused-ring (bicyclic) bond motifs is 6. The Bertz CT molecular complexity index is 4180. The lowest BCUT2D eigenvalue weighted by Gasteiger charge is -2.22. The monoisotopic (exact) mass is 962 g/mol. The van der Waals surface area contributed by atoms with Crippen LogP contribution in [-0.4, -0.2) is 0 Å². The lowest BCUT2D eigenvalue weighted by atomic mass is 9.81. The Balaban J connectivity index is 1.02. The quantitative estimate of drug-likeness (QED) is 0.0999. The van der Waals surface area contributed by atoms with Gasteiger partial charge in [-0.25, -0.2) is 0 Å². The highest BCUT2D eigenvalue weighted by Crippen LogP contribution is 2.50. The molecule has 0 heteroatoms. The predicted molar refractivity (Wildman–Crippen MR) is 329 cm³/mol. The first-order valence-corrected chi connectivity index (χ1v) is 26.3. The van der Waals surface area contributed by atoms with Gasteiger partial charge in [-0.1, -0.05) is 279 Å². The van der Waals surface area contributed by atoms with Crippen LogP contribution in [0.2, 0.25) is 0 Å². The maximum atomic E-state index is 2.49. The van der Waals surface area contributed by atoms with Crippen molar-refractivity contribution >= 4 is 88.9 Å². The van der Waals surface area contributed by atoms with Gasteiger partial charge in [-0.3, -0.25) is 0 Å². The van der Waals surface area contributed by atoms with Crippen molar-refractivity contribution in [2.75, 3.05) is 0 Å². The van der Waals surface area contributed by atoms with Crippen molar-refractivity contribution in [3.63, 3.8) is 0 Å². The van der Waals surface area contributed by atoms with Gasteiger partial charge >= 0.3 is 0 Å². The van der Waals surface area contributed by atoms with Gasteiger partial charge in [0.15, 0.2) is 0 Å². The van der Waals surface area contributed by atoms with Crippen LogP contribution in [0, 0.1) is 0 Å². The molecule has 0 bridgehead atoms. The van der Waals surface area contributed by atoms with Crippen molar-refractivity contribution in [2.45, 2.75) is 0 Å². The van der Waals surface area contributed by atoms with E-state index in [-0.39, 0.29) is 0 Å². The Morgan fingerprint density at radius 3 is 0.684 bits per heavy atom. The average Bonchev–Trinajstić information content (AvgIpc) is 3.59. The standard InChI is InChI=1S/C76H50/c1-3-19-51(20-4-1)35-37-53-39-43-55(44-40-53)72-64-27-11-15-31-68(64)75(69-32-16-12-28-65(69)72)60-48-59(74-62-25-9-7-23-57(62)47-58-24-8-10-26-63(58)74)49-61(50-60)76-70-33-17-13-29-66(70)73(67-30-14-18-34-71(67)76)56-45-41-54(42-46-56)38-36-52-21-5-2-6-22-52/h1-50H. The maximum Gasteiger partial charge on any atom is -0.00259 e. The largest absolute Gasteiger partial charge is 0.0622 e. The van der Waals surface area contributed by atoms with Crippen molar-refractivity contribution in [3.05, 3.63) is 301 Å². The number of benzene rings is 14. The highest BCUT2D eigenvalue weighted by Gasteiger charge is 2.22. The molecule has 0 aliphatic rings. The van der Waals surface area contributed by atoms with Crippen LogP contribution in [-0.2, 0) is 0 Å². The number of hydrogen-bond acceptors (Lipinski definition) is 0. The summed E-state index contributed by atoms with van der Waals surface area (Å²) in [6.45, 7) is 0. The van der Waals surface area contributed by atoms with Gasteiger partial charge in [0.25, 0.3) is 0 Å². The fourth-order valence-corrected chi connectivity index (χ4v) is 11.9. The third-order valence-electron chi connectivity index (χ3n) is 15.4. The summed E-state index contributed by atoms with van der Waals surface area (Å²) >= 11 is 0. The Labute approximate surface area is 443 Å². The summed E-state index contributed by atoms with van der Waals surface area (Å²) in [7, 11) is 0. The second-order valence-corrected chi connectivity index (χ2v) is 19.9. The Morgan fingerprint density at radius 2 is 0.382 bits per heavy atom. The Kier molecular flexibility index (Phi) is 11.3. The van der Waals surface area contributed by atoms with E-state index in [4.69, 9.17) is 0 Å². The Hall–Kier alpha value is -9.88. The lowest BCUT2D eigenvalue weighted by molar-refractivity contribution is 1.61. The molecule has 0 unspecified atom stereocenters. The molecule has 0 atom stereocenters. The summed E-state index contributed by atoms with van der Waals surface area (Å²) in [6.07, 6.45) is 8.77. The van der Waals surface area contributed by atoms with Gasteiger partial charge in [-0.15, -0.1) is 0 Å². The van der Waals surface area contributed by atoms with Crippen LogP contribution in [0.3, 0.4) is 0 Å². The predicted octanol–water partition coefficient (Wildman–Crippen LogP) is 21.3. The van der Waals surface area contributed by atoms with E-state index < -0.39 is 0 Å². The first kappa shape index (κ1) is 44.8. The molecule has 0 nitrogen and oxygen atoms in total.